The van der Waals surface area contributed by atoms with Crippen molar-refractivity contribution < 1.29 is 0 Å². The lowest BCUT2D eigenvalue weighted by atomic mass is 10.2. The van der Waals surface area contributed by atoms with Crippen LogP contribution in [0.15, 0.2) is 53.3 Å². The molecule has 3 aromatic rings. The van der Waals surface area contributed by atoms with Crippen molar-refractivity contribution in [2.45, 2.75) is 6.54 Å². The molecule has 2 aromatic carbocycles. The highest BCUT2D eigenvalue weighted by molar-refractivity contribution is 9.10. The average Bonchev–Trinajstić information content (AvgIpc) is 2.46. The Morgan fingerprint density at radius 1 is 1.10 bits per heavy atom. The van der Waals surface area contributed by atoms with Crippen molar-refractivity contribution in [3.05, 3.63) is 58.8 Å². The van der Waals surface area contributed by atoms with Gasteiger partial charge < -0.3 is 11.1 Å². The Kier molecular flexibility index (Phi) is 3.52. The minimum Gasteiger partial charge on any atom is -0.399 e. The maximum absolute atomic E-state index is 5.77. The van der Waals surface area contributed by atoms with E-state index in [1.54, 1.807) is 6.33 Å². The number of fused-ring (bicyclic) bond motifs is 1. The normalized spacial score (nSPS) is 10.7. The molecule has 3 rings (SSSR count). The van der Waals surface area contributed by atoms with E-state index in [2.05, 4.69) is 37.3 Å². The third kappa shape index (κ3) is 2.58. The Morgan fingerprint density at radius 2 is 1.95 bits per heavy atom. The second kappa shape index (κ2) is 5.46. The fraction of sp³-hybridized carbons (Fsp3) is 0.0667. The lowest BCUT2D eigenvalue weighted by Crippen LogP contribution is -2.03. The molecular weight excluding hydrogens is 316 g/mol. The fourth-order valence-corrected chi connectivity index (χ4v) is 2.46. The first kappa shape index (κ1) is 12.9. The SMILES string of the molecule is Nc1ccc2c(NCc3ccccc3Br)ncnc2c1. The second-order valence-corrected chi connectivity index (χ2v) is 5.30. The molecular formula is C15H13BrN4. The number of nitrogen functional groups attached to an aromatic ring is 1. The molecule has 4 nitrogen and oxygen atoms in total. The van der Waals surface area contributed by atoms with Crippen LogP contribution in [0.3, 0.4) is 0 Å². The van der Waals surface area contributed by atoms with Crippen LogP contribution in [0, 0.1) is 0 Å². The third-order valence-corrected chi connectivity index (χ3v) is 3.84. The fourth-order valence-electron chi connectivity index (χ4n) is 2.04. The zero-order valence-corrected chi connectivity index (χ0v) is 12.3. The van der Waals surface area contributed by atoms with Crippen molar-refractivity contribution in [1.29, 1.82) is 0 Å². The topological polar surface area (TPSA) is 63.8 Å². The van der Waals surface area contributed by atoms with Crippen molar-refractivity contribution in [3.63, 3.8) is 0 Å². The molecule has 0 bridgehead atoms. The van der Waals surface area contributed by atoms with Crippen molar-refractivity contribution in [3.8, 4) is 0 Å². The molecule has 0 radical (unpaired) electrons. The van der Waals surface area contributed by atoms with E-state index < -0.39 is 0 Å². The summed E-state index contributed by atoms with van der Waals surface area (Å²) in [6, 6.07) is 13.7. The first-order chi connectivity index (χ1) is 9.74. The van der Waals surface area contributed by atoms with Crippen LogP contribution in [0.1, 0.15) is 5.56 Å². The second-order valence-electron chi connectivity index (χ2n) is 4.44. The lowest BCUT2D eigenvalue weighted by Gasteiger charge is -2.09. The van der Waals surface area contributed by atoms with E-state index in [-0.39, 0.29) is 0 Å². The van der Waals surface area contributed by atoms with Crippen LogP contribution in [0.4, 0.5) is 11.5 Å². The van der Waals surface area contributed by atoms with Crippen LogP contribution in [-0.2, 0) is 6.54 Å². The van der Waals surface area contributed by atoms with Crippen LogP contribution in [0.2, 0.25) is 0 Å². The molecule has 0 saturated heterocycles. The van der Waals surface area contributed by atoms with Crippen LogP contribution >= 0.6 is 15.9 Å². The summed E-state index contributed by atoms with van der Waals surface area (Å²) in [4.78, 5) is 8.54. The first-order valence-corrected chi connectivity index (χ1v) is 7.01. The van der Waals surface area contributed by atoms with Gasteiger partial charge in [-0.2, -0.15) is 0 Å². The number of nitrogens with two attached hydrogens (primary N) is 1. The number of benzene rings is 2. The first-order valence-electron chi connectivity index (χ1n) is 6.21. The molecule has 0 atom stereocenters. The van der Waals surface area contributed by atoms with Gasteiger partial charge in [0.2, 0.25) is 0 Å². The molecule has 0 amide bonds. The van der Waals surface area contributed by atoms with Crippen LogP contribution in [0.25, 0.3) is 10.9 Å². The van der Waals surface area contributed by atoms with Crippen LogP contribution in [-0.4, -0.2) is 9.97 Å². The van der Waals surface area contributed by atoms with Crippen LogP contribution in [0.5, 0.6) is 0 Å². The molecule has 0 aliphatic heterocycles. The van der Waals surface area contributed by atoms with Gasteiger partial charge in [-0.05, 0) is 29.8 Å². The van der Waals surface area contributed by atoms with Crippen molar-refractivity contribution in [2.75, 3.05) is 11.1 Å². The number of halogens is 1. The van der Waals surface area contributed by atoms with Gasteiger partial charge in [0.25, 0.3) is 0 Å². The molecule has 20 heavy (non-hydrogen) atoms. The summed E-state index contributed by atoms with van der Waals surface area (Å²) in [6.07, 6.45) is 1.55. The van der Waals surface area contributed by atoms with E-state index in [0.717, 1.165) is 21.2 Å². The lowest BCUT2D eigenvalue weighted by molar-refractivity contribution is 1.09. The van der Waals surface area contributed by atoms with Gasteiger partial charge in [-0.1, -0.05) is 34.1 Å². The average molecular weight is 329 g/mol. The monoisotopic (exact) mass is 328 g/mol. The standard InChI is InChI=1S/C15H13BrN4/c16-13-4-2-1-3-10(13)8-18-15-12-6-5-11(17)7-14(12)19-9-20-15/h1-7,9H,8,17H2,(H,18,19,20). The predicted octanol–water partition coefficient (Wildman–Crippen LogP) is 3.59. The van der Waals surface area contributed by atoms with Gasteiger partial charge in [0.1, 0.15) is 12.1 Å². The Bertz CT molecular complexity index is 758. The highest BCUT2D eigenvalue weighted by Gasteiger charge is 2.04. The smallest absolute Gasteiger partial charge is 0.137 e. The zero-order valence-electron chi connectivity index (χ0n) is 10.7. The Labute approximate surface area is 125 Å². The number of nitrogens with zero attached hydrogens (tertiary/aromatic N) is 2. The maximum Gasteiger partial charge on any atom is 0.137 e. The Morgan fingerprint density at radius 3 is 2.80 bits per heavy atom. The number of rotatable bonds is 3. The van der Waals surface area contributed by atoms with Gasteiger partial charge in [0, 0.05) is 22.1 Å². The minimum atomic E-state index is 0.692. The molecule has 5 heteroatoms. The van der Waals surface area contributed by atoms with E-state index in [0.29, 0.717) is 12.2 Å². The van der Waals surface area contributed by atoms with Crippen molar-refractivity contribution in [1.82, 2.24) is 9.97 Å². The van der Waals surface area contributed by atoms with E-state index in [1.165, 1.54) is 5.56 Å². The quantitative estimate of drug-likeness (QED) is 0.721. The molecule has 1 aromatic heterocycles. The highest BCUT2D eigenvalue weighted by Crippen LogP contribution is 2.23. The molecule has 0 aliphatic rings. The Balaban J connectivity index is 1.90. The summed E-state index contributed by atoms with van der Waals surface area (Å²) in [5, 5.41) is 4.31. The molecule has 0 fully saturated rings. The van der Waals surface area contributed by atoms with E-state index in [4.69, 9.17) is 5.73 Å². The van der Waals surface area contributed by atoms with Gasteiger partial charge in [0.05, 0.1) is 5.52 Å². The minimum absolute atomic E-state index is 0.692. The summed E-state index contributed by atoms with van der Waals surface area (Å²) in [5.74, 6) is 0.811. The van der Waals surface area contributed by atoms with Gasteiger partial charge in [-0.25, -0.2) is 9.97 Å². The zero-order chi connectivity index (χ0) is 13.9. The van der Waals surface area contributed by atoms with E-state index >= 15 is 0 Å². The summed E-state index contributed by atoms with van der Waals surface area (Å²) in [5.41, 5.74) is 8.49. The van der Waals surface area contributed by atoms with Crippen molar-refractivity contribution >= 4 is 38.3 Å². The van der Waals surface area contributed by atoms with Crippen LogP contribution < -0.4 is 11.1 Å². The van der Waals surface area contributed by atoms with Gasteiger partial charge >= 0.3 is 0 Å². The number of hydrogen-bond acceptors (Lipinski definition) is 4. The van der Waals surface area contributed by atoms with Gasteiger partial charge in [0.15, 0.2) is 0 Å². The largest absolute Gasteiger partial charge is 0.399 e. The highest BCUT2D eigenvalue weighted by atomic mass is 79.9. The molecule has 0 saturated carbocycles. The third-order valence-electron chi connectivity index (χ3n) is 3.06. The molecule has 3 N–H and O–H groups in total. The summed E-state index contributed by atoms with van der Waals surface area (Å²) in [6.45, 7) is 0.692. The summed E-state index contributed by atoms with van der Waals surface area (Å²) >= 11 is 3.54. The molecule has 0 spiro atoms. The number of aromatic nitrogens is 2. The number of nitrogens with one attached hydrogen (secondary N) is 1. The van der Waals surface area contributed by atoms with E-state index in [1.807, 2.05) is 36.4 Å². The number of anilines is 2. The predicted molar refractivity (Wildman–Crippen MR) is 85.4 cm³/mol. The van der Waals surface area contributed by atoms with Gasteiger partial charge in [-0.3, -0.25) is 0 Å². The van der Waals surface area contributed by atoms with Crippen molar-refractivity contribution in [2.24, 2.45) is 0 Å². The Hall–Kier alpha value is -2.14. The molecule has 0 unspecified atom stereocenters. The summed E-state index contributed by atoms with van der Waals surface area (Å²) in [7, 11) is 0. The van der Waals surface area contributed by atoms with E-state index in [9.17, 15) is 0 Å². The molecule has 0 aliphatic carbocycles. The number of hydrogen-bond donors (Lipinski definition) is 2. The maximum atomic E-state index is 5.77. The summed E-state index contributed by atoms with van der Waals surface area (Å²) < 4.78 is 1.08. The molecule has 1 heterocycles. The molecule has 100 valence electrons. The van der Waals surface area contributed by atoms with Gasteiger partial charge in [-0.15, -0.1) is 0 Å².